The second kappa shape index (κ2) is 9.55. The zero-order valence-electron chi connectivity index (χ0n) is 17.3. The first-order chi connectivity index (χ1) is 14.7. The molecule has 30 heavy (non-hydrogen) atoms. The molecule has 0 unspecified atom stereocenters. The number of likely N-dealkylation sites (tertiary alicyclic amines) is 1. The second-order valence-corrected chi connectivity index (χ2v) is 8.91. The maximum Gasteiger partial charge on any atom is 0.235 e. The summed E-state index contributed by atoms with van der Waals surface area (Å²) in [6.45, 7) is 8.40. The molecule has 4 rings (SSSR count). The van der Waals surface area contributed by atoms with E-state index in [1.807, 2.05) is 40.7 Å². The van der Waals surface area contributed by atoms with Crippen molar-refractivity contribution >= 4 is 17.7 Å². The zero-order chi connectivity index (χ0) is 20.9. The Morgan fingerprint density at radius 1 is 1.23 bits per heavy atom. The molecular weight excluding hydrogens is 400 g/mol. The quantitative estimate of drug-likeness (QED) is 0.514. The van der Waals surface area contributed by atoms with Gasteiger partial charge >= 0.3 is 0 Å². The van der Waals surface area contributed by atoms with Gasteiger partial charge in [0.15, 0.2) is 28.6 Å². The fourth-order valence-corrected chi connectivity index (χ4v) is 4.78. The van der Waals surface area contributed by atoms with Gasteiger partial charge in [-0.1, -0.05) is 42.8 Å². The highest BCUT2D eigenvalue weighted by atomic mass is 32.2. The van der Waals surface area contributed by atoms with Crippen LogP contribution in [0.4, 0.5) is 0 Å². The van der Waals surface area contributed by atoms with Crippen LogP contribution in [0.25, 0.3) is 0 Å². The van der Waals surface area contributed by atoms with E-state index in [4.69, 9.17) is 9.47 Å². The minimum Gasteiger partial charge on any atom is -0.485 e. The number of nitrogens with zero attached hydrogens (tertiary/aromatic N) is 4. The molecule has 8 heteroatoms. The Morgan fingerprint density at radius 3 is 2.70 bits per heavy atom. The summed E-state index contributed by atoms with van der Waals surface area (Å²) >= 11 is 1.44. The molecule has 160 valence electrons. The average Bonchev–Trinajstić information content (AvgIpc) is 2.98. The molecule has 0 N–H and O–H groups in total. The summed E-state index contributed by atoms with van der Waals surface area (Å²) in [7, 11) is 0. The lowest BCUT2D eigenvalue weighted by Gasteiger charge is -2.26. The van der Waals surface area contributed by atoms with Crippen LogP contribution in [0.1, 0.15) is 44.5 Å². The van der Waals surface area contributed by atoms with Crippen LogP contribution in [0, 0.1) is 0 Å². The van der Waals surface area contributed by atoms with Crippen molar-refractivity contribution in [2.24, 2.45) is 0 Å². The molecule has 1 aromatic heterocycles. The van der Waals surface area contributed by atoms with E-state index in [0.717, 1.165) is 31.7 Å². The van der Waals surface area contributed by atoms with Gasteiger partial charge in [-0.15, -0.1) is 16.8 Å². The van der Waals surface area contributed by atoms with Crippen LogP contribution in [0.5, 0.6) is 11.5 Å². The molecule has 0 saturated carbocycles. The van der Waals surface area contributed by atoms with Gasteiger partial charge in [0, 0.05) is 19.6 Å². The minimum absolute atomic E-state index is 0.169. The van der Waals surface area contributed by atoms with Crippen molar-refractivity contribution in [2.45, 2.75) is 55.7 Å². The van der Waals surface area contributed by atoms with Gasteiger partial charge in [-0.3, -0.25) is 9.36 Å². The van der Waals surface area contributed by atoms with Gasteiger partial charge in [-0.05, 0) is 31.9 Å². The Kier molecular flexibility index (Phi) is 6.62. The van der Waals surface area contributed by atoms with Crippen LogP contribution in [-0.4, -0.2) is 50.5 Å². The number of para-hydroxylation sites is 2. The lowest BCUT2D eigenvalue weighted by atomic mass is 10.2. The topological polar surface area (TPSA) is 69.5 Å². The Hall–Kier alpha value is -2.48. The van der Waals surface area contributed by atoms with E-state index < -0.39 is 0 Å². The van der Waals surface area contributed by atoms with Crippen LogP contribution < -0.4 is 9.47 Å². The number of rotatable bonds is 6. The molecule has 1 aromatic carbocycles. The molecule has 1 fully saturated rings. The lowest BCUT2D eigenvalue weighted by molar-refractivity contribution is -0.130. The molecule has 2 aliphatic heterocycles. The molecule has 2 aromatic rings. The zero-order valence-corrected chi connectivity index (χ0v) is 18.1. The van der Waals surface area contributed by atoms with Gasteiger partial charge in [0.25, 0.3) is 0 Å². The first kappa shape index (κ1) is 20.8. The molecule has 0 spiro atoms. The van der Waals surface area contributed by atoms with Crippen LogP contribution in [-0.2, 0) is 11.3 Å². The van der Waals surface area contributed by atoms with E-state index in [9.17, 15) is 4.79 Å². The summed E-state index contributed by atoms with van der Waals surface area (Å²) in [5.41, 5.74) is 0. The smallest absolute Gasteiger partial charge is 0.235 e. The van der Waals surface area contributed by atoms with E-state index in [1.54, 1.807) is 6.08 Å². The molecule has 0 aliphatic carbocycles. The highest BCUT2D eigenvalue weighted by Crippen LogP contribution is 2.36. The van der Waals surface area contributed by atoms with Crippen molar-refractivity contribution in [3.05, 3.63) is 42.7 Å². The van der Waals surface area contributed by atoms with E-state index >= 15 is 0 Å². The second-order valence-electron chi connectivity index (χ2n) is 7.60. The van der Waals surface area contributed by atoms with Crippen molar-refractivity contribution < 1.29 is 14.3 Å². The standard InChI is InChI=1S/C22H28N4O3S/c1-3-12-26-20(19-15-28-17-10-6-7-11-18(17)29-19)23-24-22(26)30-16(2)21(27)25-13-8-4-5-9-14-25/h3,6-7,10-11,16,19H,1,4-5,8-9,12-15H2,2H3/t16-,19-/m1/s1. The van der Waals surface area contributed by atoms with Gasteiger partial charge < -0.3 is 14.4 Å². The number of thioether (sulfide) groups is 1. The van der Waals surface area contributed by atoms with Gasteiger partial charge in [0.2, 0.25) is 5.91 Å². The summed E-state index contributed by atoms with van der Waals surface area (Å²) in [6.07, 6.45) is 6.01. The number of carbonyl (C=O) groups excluding carboxylic acids is 1. The summed E-state index contributed by atoms with van der Waals surface area (Å²) in [5.74, 6) is 2.28. The van der Waals surface area contributed by atoms with E-state index in [1.165, 1.54) is 24.6 Å². The number of aromatic nitrogens is 3. The minimum atomic E-state index is -0.363. The Morgan fingerprint density at radius 2 is 1.97 bits per heavy atom. The van der Waals surface area contributed by atoms with Crippen LogP contribution in [0.3, 0.4) is 0 Å². The van der Waals surface area contributed by atoms with Gasteiger partial charge in [0.05, 0.1) is 5.25 Å². The highest BCUT2D eigenvalue weighted by molar-refractivity contribution is 8.00. The molecule has 0 radical (unpaired) electrons. The molecule has 7 nitrogen and oxygen atoms in total. The molecule has 3 heterocycles. The van der Waals surface area contributed by atoms with Crippen LogP contribution in [0.2, 0.25) is 0 Å². The number of hydrogen-bond acceptors (Lipinski definition) is 6. The molecule has 1 amide bonds. The van der Waals surface area contributed by atoms with E-state index in [-0.39, 0.29) is 17.3 Å². The first-order valence-corrected chi connectivity index (χ1v) is 11.4. The van der Waals surface area contributed by atoms with Crippen molar-refractivity contribution in [1.29, 1.82) is 0 Å². The summed E-state index contributed by atoms with van der Waals surface area (Å²) in [6, 6.07) is 7.60. The number of fused-ring (bicyclic) bond motifs is 1. The monoisotopic (exact) mass is 428 g/mol. The number of carbonyl (C=O) groups is 1. The molecule has 2 aliphatic rings. The van der Waals surface area contributed by atoms with Crippen molar-refractivity contribution in [3.8, 4) is 11.5 Å². The fourth-order valence-electron chi connectivity index (χ4n) is 3.83. The van der Waals surface area contributed by atoms with E-state index in [2.05, 4.69) is 16.8 Å². The Labute approximate surface area is 181 Å². The first-order valence-electron chi connectivity index (χ1n) is 10.6. The maximum atomic E-state index is 13.0. The number of benzene rings is 1. The number of amides is 1. The predicted molar refractivity (Wildman–Crippen MR) is 116 cm³/mol. The SMILES string of the molecule is C=CCn1c(S[C@H](C)C(=O)N2CCCCCC2)nnc1[C@H]1COc2ccccc2O1. The number of ether oxygens (including phenoxy) is 2. The van der Waals surface area contributed by atoms with Crippen molar-refractivity contribution in [3.63, 3.8) is 0 Å². The van der Waals surface area contributed by atoms with Crippen molar-refractivity contribution in [2.75, 3.05) is 19.7 Å². The highest BCUT2D eigenvalue weighted by Gasteiger charge is 2.30. The number of hydrogen-bond donors (Lipinski definition) is 0. The average molecular weight is 429 g/mol. The molecule has 0 bridgehead atoms. The Bertz CT molecular complexity index is 892. The fraction of sp³-hybridized carbons (Fsp3) is 0.500. The van der Waals surface area contributed by atoms with E-state index in [0.29, 0.717) is 29.9 Å². The summed E-state index contributed by atoms with van der Waals surface area (Å²) < 4.78 is 13.9. The van der Waals surface area contributed by atoms with Gasteiger partial charge in [-0.2, -0.15) is 0 Å². The third kappa shape index (κ3) is 4.48. The third-order valence-electron chi connectivity index (χ3n) is 5.40. The molecule has 1 saturated heterocycles. The van der Waals surface area contributed by atoms with Crippen LogP contribution >= 0.6 is 11.8 Å². The lowest BCUT2D eigenvalue weighted by Crippen LogP contribution is -2.37. The normalized spacial score (nSPS) is 19.8. The molecular formula is C22H28N4O3S. The molecule has 2 atom stereocenters. The number of allylic oxidation sites excluding steroid dienone is 1. The van der Waals surface area contributed by atoms with Crippen LogP contribution in [0.15, 0.2) is 42.1 Å². The summed E-state index contributed by atoms with van der Waals surface area (Å²) in [5, 5.41) is 9.23. The maximum absolute atomic E-state index is 13.0. The largest absolute Gasteiger partial charge is 0.485 e. The Balaban J connectivity index is 1.50. The summed E-state index contributed by atoms with van der Waals surface area (Å²) in [4.78, 5) is 14.9. The predicted octanol–water partition coefficient (Wildman–Crippen LogP) is 3.86. The van der Waals surface area contributed by atoms with Gasteiger partial charge in [0.1, 0.15) is 6.61 Å². The van der Waals surface area contributed by atoms with Crippen molar-refractivity contribution in [1.82, 2.24) is 19.7 Å². The third-order valence-corrected chi connectivity index (χ3v) is 6.47. The van der Waals surface area contributed by atoms with Gasteiger partial charge in [-0.25, -0.2) is 0 Å².